The molecule has 21 heavy (non-hydrogen) atoms. The molecule has 0 N–H and O–H groups in total. The summed E-state index contributed by atoms with van der Waals surface area (Å²) in [6.07, 6.45) is -14.0. The summed E-state index contributed by atoms with van der Waals surface area (Å²) in [5.74, 6) is -0.656. The lowest BCUT2D eigenvalue weighted by Crippen LogP contribution is -2.45. The van der Waals surface area contributed by atoms with Crippen LogP contribution < -0.4 is 4.74 Å². The van der Waals surface area contributed by atoms with Gasteiger partial charge in [0.25, 0.3) is 6.17 Å². The van der Waals surface area contributed by atoms with Crippen LogP contribution in [0.3, 0.4) is 0 Å². The van der Waals surface area contributed by atoms with Gasteiger partial charge in [-0.2, -0.15) is 22.0 Å². The Balaban J connectivity index is 2.44. The third-order valence-electron chi connectivity index (χ3n) is 2.46. The van der Waals surface area contributed by atoms with Crippen molar-refractivity contribution in [1.82, 2.24) is 4.98 Å². The lowest BCUT2D eigenvalue weighted by molar-refractivity contribution is -0.304. The van der Waals surface area contributed by atoms with Gasteiger partial charge in [-0.25, -0.2) is 4.39 Å². The number of halogens is 7. The summed E-state index contributed by atoms with van der Waals surface area (Å²) >= 11 is 3.00. The zero-order valence-electron chi connectivity index (χ0n) is 9.97. The zero-order valence-corrected chi connectivity index (χ0v) is 11.6. The lowest BCUT2D eigenvalue weighted by Gasteiger charge is -2.23. The first-order chi connectivity index (χ1) is 9.61. The molecule has 2 aromatic rings. The molecule has 1 aromatic heterocycles. The van der Waals surface area contributed by atoms with Gasteiger partial charge in [-0.15, -0.1) is 0 Å². The number of pyridine rings is 1. The van der Waals surface area contributed by atoms with Gasteiger partial charge in [0, 0.05) is 16.1 Å². The Morgan fingerprint density at radius 2 is 1.81 bits per heavy atom. The van der Waals surface area contributed by atoms with E-state index in [9.17, 15) is 26.3 Å². The third-order valence-corrected chi connectivity index (χ3v) is 2.92. The summed E-state index contributed by atoms with van der Waals surface area (Å²) in [4.78, 5) is 3.75. The molecule has 0 aliphatic carbocycles. The van der Waals surface area contributed by atoms with E-state index in [1.165, 1.54) is 24.4 Å². The van der Waals surface area contributed by atoms with Gasteiger partial charge in [0.2, 0.25) is 0 Å². The molecule has 1 atom stereocenters. The summed E-state index contributed by atoms with van der Waals surface area (Å²) < 4.78 is 79.9. The van der Waals surface area contributed by atoms with E-state index in [0.29, 0.717) is 5.39 Å². The highest BCUT2D eigenvalue weighted by Crippen LogP contribution is 2.39. The topological polar surface area (TPSA) is 22.1 Å². The highest BCUT2D eigenvalue weighted by atomic mass is 79.9. The second-order valence-corrected chi connectivity index (χ2v) is 4.96. The molecule has 0 saturated heterocycles. The van der Waals surface area contributed by atoms with Gasteiger partial charge in [0.1, 0.15) is 5.52 Å². The minimum atomic E-state index is -5.74. The second-order valence-electron chi connectivity index (χ2n) is 4.05. The van der Waals surface area contributed by atoms with Crippen LogP contribution in [0.2, 0.25) is 0 Å². The number of hydrogen-bond donors (Lipinski definition) is 0. The van der Waals surface area contributed by atoms with Crippen molar-refractivity contribution in [3.8, 4) is 5.75 Å². The molecule has 114 valence electrons. The van der Waals surface area contributed by atoms with Crippen molar-refractivity contribution in [3.05, 3.63) is 34.9 Å². The van der Waals surface area contributed by atoms with Crippen LogP contribution in [0.5, 0.6) is 5.75 Å². The molecular formula is C12H6BrF6NO. The highest BCUT2D eigenvalue weighted by molar-refractivity contribution is 9.10. The number of aromatic nitrogens is 1. The van der Waals surface area contributed by atoms with E-state index in [2.05, 4.69) is 25.7 Å². The standard InChI is InChI=1S/C12H6BrF6NO/c13-7-4-6-2-1-3-20-9(6)8(5-7)21-12(18,19)10(14)11(15,16)17/h1-5,10H. The summed E-state index contributed by atoms with van der Waals surface area (Å²) in [7, 11) is 0. The Bertz CT molecular complexity index is 660. The lowest BCUT2D eigenvalue weighted by atomic mass is 10.2. The molecule has 0 aliphatic rings. The molecule has 1 aromatic carbocycles. The van der Waals surface area contributed by atoms with E-state index in [1.807, 2.05) is 0 Å². The van der Waals surface area contributed by atoms with Crippen molar-refractivity contribution in [3.63, 3.8) is 0 Å². The first-order valence-corrected chi connectivity index (χ1v) is 6.22. The van der Waals surface area contributed by atoms with Crippen molar-refractivity contribution >= 4 is 26.8 Å². The van der Waals surface area contributed by atoms with E-state index in [0.717, 1.165) is 6.07 Å². The largest absolute Gasteiger partial charge is 0.439 e. The number of rotatable bonds is 3. The number of nitrogens with zero attached hydrogens (tertiary/aromatic N) is 1. The normalized spacial score (nSPS) is 14.2. The molecule has 0 bridgehead atoms. The second kappa shape index (κ2) is 5.36. The zero-order chi connectivity index (χ0) is 15.8. The number of benzene rings is 1. The Labute approximate surface area is 122 Å². The Hall–Kier alpha value is -1.51. The fourth-order valence-corrected chi connectivity index (χ4v) is 2.05. The molecule has 0 saturated carbocycles. The average molecular weight is 374 g/mol. The SMILES string of the molecule is FC(C(F)(F)F)C(F)(F)Oc1cc(Br)cc2cccnc12. The molecule has 1 unspecified atom stereocenters. The quantitative estimate of drug-likeness (QED) is 0.716. The van der Waals surface area contributed by atoms with Gasteiger partial charge < -0.3 is 4.74 Å². The van der Waals surface area contributed by atoms with E-state index >= 15 is 0 Å². The molecule has 0 amide bonds. The molecule has 0 spiro atoms. The van der Waals surface area contributed by atoms with Crippen LogP contribution in [0.25, 0.3) is 10.9 Å². The Morgan fingerprint density at radius 3 is 2.43 bits per heavy atom. The van der Waals surface area contributed by atoms with E-state index in [4.69, 9.17) is 0 Å². The average Bonchev–Trinajstić information content (AvgIpc) is 2.36. The molecule has 0 aliphatic heterocycles. The monoisotopic (exact) mass is 373 g/mol. The van der Waals surface area contributed by atoms with Crippen molar-refractivity contribution < 1.29 is 31.1 Å². The van der Waals surface area contributed by atoms with Gasteiger partial charge in [-0.05, 0) is 18.2 Å². The number of fused-ring (bicyclic) bond motifs is 1. The number of alkyl halides is 6. The maximum Gasteiger partial charge on any atom is 0.439 e. The van der Waals surface area contributed by atoms with Gasteiger partial charge in [-0.3, -0.25) is 4.98 Å². The number of ether oxygens (including phenoxy) is 1. The van der Waals surface area contributed by atoms with Crippen LogP contribution in [0, 0.1) is 0 Å². The molecule has 2 nitrogen and oxygen atoms in total. The van der Waals surface area contributed by atoms with Crippen molar-refractivity contribution in [2.75, 3.05) is 0 Å². The first-order valence-electron chi connectivity index (χ1n) is 5.43. The van der Waals surface area contributed by atoms with Crippen LogP contribution in [-0.2, 0) is 0 Å². The summed E-state index contributed by atoms with van der Waals surface area (Å²) in [6, 6.07) is 5.50. The molecule has 0 radical (unpaired) electrons. The van der Waals surface area contributed by atoms with E-state index in [1.54, 1.807) is 0 Å². The molecule has 2 rings (SSSR count). The van der Waals surface area contributed by atoms with Crippen LogP contribution in [-0.4, -0.2) is 23.4 Å². The van der Waals surface area contributed by atoms with Gasteiger partial charge >= 0.3 is 12.3 Å². The van der Waals surface area contributed by atoms with Crippen molar-refractivity contribution in [1.29, 1.82) is 0 Å². The predicted molar refractivity (Wildman–Crippen MR) is 66.0 cm³/mol. The number of hydrogen-bond acceptors (Lipinski definition) is 2. The Kier molecular flexibility index (Phi) is 4.05. The highest BCUT2D eigenvalue weighted by Gasteiger charge is 2.59. The third kappa shape index (κ3) is 3.39. The molecular weight excluding hydrogens is 368 g/mol. The van der Waals surface area contributed by atoms with Crippen LogP contribution in [0.1, 0.15) is 0 Å². The predicted octanol–water partition coefficient (Wildman–Crippen LogP) is 4.87. The maximum atomic E-state index is 13.3. The first kappa shape index (κ1) is 15.9. The maximum absolute atomic E-state index is 13.3. The van der Waals surface area contributed by atoms with Gasteiger partial charge in [0.05, 0.1) is 0 Å². The smallest absolute Gasteiger partial charge is 0.428 e. The summed E-state index contributed by atoms with van der Waals surface area (Å²) in [5, 5.41) is 0.347. The van der Waals surface area contributed by atoms with Gasteiger partial charge in [0.15, 0.2) is 5.75 Å². The summed E-state index contributed by atoms with van der Waals surface area (Å²) in [5.41, 5.74) is -0.102. The van der Waals surface area contributed by atoms with Gasteiger partial charge in [-0.1, -0.05) is 22.0 Å². The fraction of sp³-hybridized carbons (Fsp3) is 0.250. The minimum Gasteiger partial charge on any atom is -0.428 e. The molecule has 0 fully saturated rings. The van der Waals surface area contributed by atoms with Crippen LogP contribution in [0.15, 0.2) is 34.9 Å². The van der Waals surface area contributed by atoms with Crippen LogP contribution >= 0.6 is 15.9 Å². The van der Waals surface area contributed by atoms with Crippen molar-refractivity contribution in [2.45, 2.75) is 18.5 Å². The van der Waals surface area contributed by atoms with E-state index < -0.39 is 24.2 Å². The van der Waals surface area contributed by atoms with Crippen LogP contribution in [0.4, 0.5) is 26.3 Å². The molecule has 9 heteroatoms. The summed E-state index contributed by atoms with van der Waals surface area (Å²) in [6.45, 7) is 0. The Morgan fingerprint density at radius 1 is 1.14 bits per heavy atom. The minimum absolute atomic E-state index is 0.102. The van der Waals surface area contributed by atoms with E-state index in [-0.39, 0.29) is 9.99 Å². The van der Waals surface area contributed by atoms with Crippen molar-refractivity contribution in [2.24, 2.45) is 0 Å². The molecule has 1 heterocycles. The fourth-order valence-electron chi connectivity index (χ4n) is 1.59.